The minimum Gasteiger partial charge on any atom is -0.361 e. The largest absolute Gasteiger partial charge is 0.361 e. The topological polar surface area (TPSA) is 65.1 Å². The van der Waals surface area contributed by atoms with Crippen molar-refractivity contribution in [3.05, 3.63) is 71.4 Å². The fourth-order valence-electron chi connectivity index (χ4n) is 3.10. The van der Waals surface area contributed by atoms with Crippen molar-refractivity contribution in [3.63, 3.8) is 0 Å². The number of aryl methyl sites for hydroxylation is 3. The first-order chi connectivity index (χ1) is 12.2. The molecule has 0 radical (unpaired) electrons. The van der Waals surface area contributed by atoms with Crippen molar-refractivity contribution in [3.8, 4) is 0 Å². The summed E-state index contributed by atoms with van der Waals surface area (Å²) in [5, 5.41) is 9.78. The molecule has 1 heterocycles. The highest BCUT2D eigenvalue weighted by Gasteiger charge is 2.02. The standard InChI is InChI=1S/C21H24N2O2/c24-21(23-25)12-10-17-7-5-16(6-8-17)3-1-2-4-18-9-11-20-19(15-18)13-14-22-20/h5-9,11,13-15,22,25H,1-4,10,12H2,(H,23,24). The average Bonchev–Trinajstić information content (AvgIpc) is 3.12. The van der Waals surface area contributed by atoms with Crippen molar-refractivity contribution < 1.29 is 10.0 Å². The van der Waals surface area contributed by atoms with Gasteiger partial charge in [-0.05, 0) is 72.4 Å². The summed E-state index contributed by atoms with van der Waals surface area (Å²) in [7, 11) is 0. The molecule has 130 valence electrons. The third kappa shape index (κ3) is 4.94. The summed E-state index contributed by atoms with van der Waals surface area (Å²) in [6, 6.07) is 17.2. The number of hydrogen-bond donors (Lipinski definition) is 3. The zero-order chi connectivity index (χ0) is 17.5. The number of unbranched alkanes of at least 4 members (excludes halogenated alkanes) is 1. The molecule has 0 bridgehead atoms. The van der Waals surface area contributed by atoms with Crippen LogP contribution >= 0.6 is 0 Å². The minimum atomic E-state index is -0.345. The van der Waals surface area contributed by atoms with Gasteiger partial charge < -0.3 is 4.98 Å². The van der Waals surface area contributed by atoms with Gasteiger partial charge in [-0.15, -0.1) is 0 Å². The zero-order valence-electron chi connectivity index (χ0n) is 14.3. The van der Waals surface area contributed by atoms with Crippen LogP contribution in [-0.4, -0.2) is 16.1 Å². The molecule has 4 nitrogen and oxygen atoms in total. The Bertz CT molecular complexity index is 821. The fourth-order valence-corrected chi connectivity index (χ4v) is 3.10. The molecule has 0 unspecified atom stereocenters. The summed E-state index contributed by atoms with van der Waals surface area (Å²) < 4.78 is 0. The lowest BCUT2D eigenvalue weighted by Gasteiger charge is -2.05. The van der Waals surface area contributed by atoms with Crippen LogP contribution in [0.4, 0.5) is 0 Å². The van der Waals surface area contributed by atoms with E-state index in [0.29, 0.717) is 12.8 Å². The Hall–Kier alpha value is -2.59. The summed E-state index contributed by atoms with van der Waals surface area (Å²) in [6.45, 7) is 0. The van der Waals surface area contributed by atoms with Gasteiger partial charge in [0, 0.05) is 18.1 Å². The smallest absolute Gasteiger partial charge is 0.243 e. The van der Waals surface area contributed by atoms with E-state index < -0.39 is 0 Å². The van der Waals surface area contributed by atoms with Crippen molar-refractivity contribution >= 4 is 16.8 Å². The number of aromatic amines is 1. The van der Waals surface area contributed by atoms with Crippen molar-refractivity contribution in [2.24, 2.45) is 0 Å². The molecule has 0 aliphatic carbocycles. The molecule has 0 saturated carbocycles. The molecule has 1 amide bonds. The van der Waals surface area contributed by atoms with Gasteiger partial charge in [-0.25, -0.2) is 5.48 Å². The van der Waals surface area contributed by atoms with E-state index in [9.17, 15) is 4.79 Å². The lowest BCUT2D eigenvalue weighted by molar-refractivity contribution is -0.129. The first-order valence-corrected chi connectivity index (χ1v) is 8.81. The number of rotatable bonds is 8. The molecule has 2 aromatic carbocycles. The van der Waals surface area contributed by atoms with E-state index in [-0.39, 0.29) is 5.91 Å². The molecule has 0 aliphatic heterocycles. The number of hydroxylamine groups is 1. The first-order valence-electron chi connectivity index (χ1n) is 8.81. The molecule has 3 rings (SSSR count). The molecular weight excluding hydrogens is 312 g/mol. The SMILES string of the molecule is O=C(CCc1ccc(CCCCc2ccc3[nH]ccc3c2)cc1)NO. The van der Waals surface area contributed by atoms with Gasteiger partial charge in [-0.1, -0.05) is 30.3 Å². The van der Waals surface area contributed by atoms with Crippen LogP contribution in [0.1, 0.15) is 36.0 Å². The predicted molar refractivity (Wildman–Crippen MR) is 99.6 cm³/mol. The number of fused-ring (bicyclic) bond motifs is 1. The molecule has 3 N–H and O–H groups in total. The summed E-state index contributed by atoms with van der Waals surface area (Å²) in [4.78, 5) is 14.3. The van der Waals surface area contributed by atoms with Crippen LogP contribution in [0, 0.1) is 0 Å². The van der Waals surface area contributed by atoms with E-state index in [1.807, 2.05) is 6.20 Å². The third-order valence-electron chi connectivity index (χ3n) is 4.59. The van der Waals surface area contributed by atoms with Gasteiger partial charge in [0.1, 0.15) is 0 Å². The molecule has 0 atom stereocenters. The van der Waals surface area contributed by atoms with E-state index in [4.69, 9.17) is 5.21 Å². The monoisotopic (exact) mass is 336 g/mol. The Kier molecular flexibility index (Phi) is 5.86. The molecule has 0 saturated heterocycles. The van der Waals surface area contributed by atoms with E-state index in [2.05, 4.69) is 53.5 Å². The minimum absolute atomic E-state index is 0.307. The Morgan fingerprint density at radius 2 is 1.52 bits per heavy atom. The van der Waals surface area contributed by atoms with Gasteiger partial charge in [0.15, 0.2) is 0 Å². The number of benzene rings is 2. The normalized spacial score (nSPS) is 10.9. The highest BCUT2D eigenvalue weighted by molar-refractivity contribution is 5.79. The molecule has 25 heavy (non-hydrogen) atoms. The van der Waals surface area contributed by atoms with E-state index in [1.54, 1.807) is 5.48 Å². The van der Waals surface area contributed by atoms with E-state index in [1.165, 1.54) is 28.5 Å². The van der Waals surface area contributed by atoms with Crippen molar-refractivity contribution in [2.75, 3.05) is 0 Å². The lowest BCUT2D eigenvalue weighted by Crippen LogP contribution is -2.18. The Labute approximate surface area is 147 Å². The fraction of sp³-hybridized carbons (Fsp3) is 0.286. The summed E-state index contributed by atoms with van der Waals surface area (Å²) in [6.07, 6.45) is 7.45. The Morgan fingerprint density at radius 1 is 0.880 bits per heavy atom. The number of H-pyrrole nitrogens is 1. The van der Waals surface area contributed by atoms with Crippen molar-refractivity contribution in [1.82, 2.24) is 10.5 Å². The van der Waals surface area contributed by atoms with Gasteiger partial charge in [0.2, 0.25) is 5.91 Å². The number of carbonyl (C=O) groups excluding carboxylic acids is 1. The van der Waals surface area contributed by atoms with Gasteiger partial charge in [0.05, 0.1) is 0 Å². The van der Waals surface area contributed by atoms with Crippen LogP contribution in [0.3, 0.4) is 0 Å². The molecule has 1 aromatic heterocycles. The first kappa shape index (κ1) is 17.2. The number of hydrogen-bond acceptors (Lipinski definition) is 2. The number of aromatic nitrogens is 1. The number of carbonyl (C=O) groups is 1. The van der Waals surface area contributed by atoms with E-state index >= 15 is 0 Å². The zero-order valence-corrected chi connectivity index (χ0v) is 14.3. The Balaban J connectivity index is 1.41. The molecule has 0 fully saturated rings. The maximum Gasteiger partial charge on any atom is 0.243 e. The van der Waals surface area contributed by atoms with Crippen LogP contribution in [0.5, 0.6) is 0 Å². The van der Waals surface area contributed by atoms with Gasteiger partial charge in [0.25, 0.3) is 0 Å². The van der Waals surface area contributed by atoms with Crippen LogP contribution in [0.2, 0.25) is 0 Å². The lowest BCUT2D eigenvalue weighted by atomic mass is 10.0. The summed E-state index contributed by atoms with van der Waals surface area (Å²) in [5.41, 5.74) is 6.70. The number of nitrogens with one attached hydrogen (secondary N) is 2. The van der Waals surface area contributed by atoms with Crippen LogP contribution in [0.25, 0.3) is 10.9 Å². The van der Waals surface area contributed by atoms with Crippen LogP contribution in [-0.2, 0) is 24.1 Å². The second-order valence-corrected chi connectivity index (χ2v) is 6.46. The van der Waals surface area contributed by atoms with Crippen molar-refractivity contribution in [1.29, 1.82) is 0 Å². The van der Waals surface area contributed by atoms with Crippen LogP contribution in [0.15, 0.2) is 54.7 Å². The van der Waals surface area contributed by atoms with Crippen molar-refractivity contribution in [2.45, 2.75) is 38.5 Å². The van der Waals surface area contributed by atoms with Gasteiger partial charge in [-0.2, -0.15) is 0 Å². The molecule has 4 heteroatoms. The molecule has 0 spiro atoms. The second-order valence-electron chi connectivity index (χ2n) is 6.46. The number of amides is 1. The second kappa shape index (κ2) is 8.49. The van der Waals surface area contributed by atoms with E-state index in [0.717, 1.165) is 24.8 Å². The third-order valence-corrected chi connectivity index (χ3v) is 4.59. The molecular formula is C21H24N2O2. The molecule has 3 aromatic rings. The average molecular weight is 336 g/mol. The Morgan fingerprint density at radius 3 is 2.24 bits per heavy atom. The maximum absolute atomic E-state index is 11.0. The summed E-state index contributed by atoms with van der Waals surface area (Å²) in [5.74, 6) is -0.345. The van der Waals surface area contributed by atoms with Crippen LogP contribution < -0.4 is 5.48 Å². The highest BCUT2D eigenvalue weighted by atomic mass is 16.5. The van der Waals surface area contributed by atoms with Gasteiger partial charge >= 0.3 is 0 Å². The maximum atomic E-state index is 11.0. The summed E-state index contributed by atoms with van der Waals surface area (Å²) >= 11 is 0. The quantitative estimate of drug-likeness (QED) is 0.328. The predicted octanol–water partition coefficient (Wildman–Crippen LogP) is 4.17. The highest BCUT2D eigenvalue weighted by Crippen LogP contribution is 2.17. The molecule has 0 aliphatic rings. The van der Waals surface area contributed by atoms with Gasteiger partial charge in [-0.3, -0.25) is 10.0 Å².